The molecular weight excluding hydrogens is 266 g/mol. The van der Waals surface area contributed by atoms with Crippen molar-refractivity contribution in [3.63, 3.8) is 0 Å². The Balaban J connectivity index is 1.55. The van der Waals surface area contributed by atoms with Gasteiger partial charge in [0.05, 0.1) is 6.61 Å². The summed E-state index contributed by atoms with van der Waals surface area (Å²) in [6, 6.07) is 10.3. The van der Waals surface area contributed by atoms with E-state index in [1.807, 2.05) is 18.2 Å². The van der Waals surface area contributed by atoms with Crippen molar-refractivity contribution in [1.82, 2.24) is 15.0 Å². The molecule has 0 aliphatic carbocycles. The molecule has 1 aromatic carbocycles. The predicted molar refractivity (Wildman–Crippen MR) is 79.6 cm³/mol. The molecule has 0 spiro atoms. The summed E-state index contributed by atoms with van der Waals surface area (Å²) in [5.74, 6) is 1.22. The summed E-state index contributed by atoms with van der Waals surface area (Å²) in [4.78, 5) is 6.58. The van der Waals surface area contributed by atoms with Gasteiger partial charge in [-0.15, -0.1) is 0 Å². The maximum atomic E-state index is 5.72. The molecule has 1 aliphatic rings. The molecule has 21 heavy (non-hydrogen) atoms. The third-order valence-electron chi connectivity index (χ3n) is 3.46. The summed E-state index contributed by atoms with van der Waals surface area (Å²) in [5, 5.41) is 3.95. The Labute approximate surface area is 124 Å². The number of aryl methyl sites for hydroxylation is 1. The smallest absolute Gasteiger partial charge is 0.223 e. The largest absolute Gasteiger partial charge is 0.367 e. The molecule has 1 aromatic heterocycles. The van der Waals surface area contributed by atoms with Gasteiger partial charge in [0.1, 0.15) is 6.10 Å². The highest BCUT2D eigenvalue weighted by Gasteiger charge is 2.25. The highest BCUT2D eigenvalue weighted by molar-refractivity contribution is 5.48. The third-order valence-corrected chi connectivity index (χ3v) is 3.46. The molecule has 5 heteroatoms. The summed E-state index contributed by atoms with van der Waals surface area (Å²) < 4.78 is 10.7. The third kappa shape index (κ3) is 3.77. The van der Waals surface area contributed by atoms with E-state index in [9.17, 15) is 0 Å². The molecule has 2 heterocycles. The summed E-state index contributed by atoms with van der Waals surface area (Å²) >= 11 is 0. The monoisotopic (exact) mass is 285 g/mol. The van der Waals surface area contributed by atoms with Crippen LogP contribution >= 0.6 is 0 Å². The molecule has 0 saturated carbocycles. The van der Waals surface area contributed by atoms with E-state index in [2.05, 4.69) is 39.3 Å². The first-order valence-electron chi connectivity index (χ1n) is 7.17. The second kappa shape index (κ2) is 6.65. The Kier molecular flexibility index (Phi) is 4.43. The van der Waals surface area contributed by atoms with E-state index in [4.69, 9.17) is 9.26 Å². The molecule has 0 unspecified atom stereocenters. The van der Waals surface area contributed by atoms with E-state index in [0.29, 0.717) is 18.3 Å². The van der Waals surface area contributed by atoms with Crippen LogP contribution in [-0.4, -0.2) is 41.3 Å². The van der Waals surface area contributed by atoms with Gasteiger partial charge in [0.25, 0.3) is 0 Å². The lowest BCUT2D eigenvalue weighted by molar-refractivity contribution is -0.0313. The topological polar surface area (TPSA) is 51.4 Å². The zero-order chi connectivity index (χ0) is 14.5. The molecule has 1 aliphatic heterocycles. The average molecular weight is 285 g/mol. The quantitative estimate of drug-likeness (QED) is 0.863. The SMILES string of the molecule is Cc1nc([C@@H]2CN(C/C=C/c3ccccc3)CCO2)no1. The van der Waals surface area contributed by atoms with Crippen LogP contribution in [-0.2, 0) is 4.74 Å². The highest BCUT2D eigenvalue weighted by Crippen LogP contribution is 2.19. The Bertz CT molecular complexity index is 595. The minimum Gasteiger partial charge on any atom is -0.367 e. The van der Waals surface area contributed by atoms with Gasteiger partial charge in [-0.1, -0.05) is 47.6 Å². The van der Waals surface area contributed by atoms with Gasteiger partial charge in [0.15, 0.2) is 0 Å². The second-order valence-electron chi connectivity index (χ2n) is 5.10. The van der Waals surface area contributed by atoms with Crippen molar-refractivity contribution in [3.05, 3.63) is 53.7 Å². The Morgan fingerprint density at radius 1 is 1.33 bits per heavy atom. The van der Waals surface area contributed by atoms with Crippen molar-refractivity contribution in [1.29, 1.82) is 0 Å². The van der Waals surface area contributed by atoms with Crippen molar-refractivity contribution in [3.8, 4) is 0 Å². The lowest BCUT2D eigenvalue weighted by Crippen LogP contribution is -2.38. The zero-order valence-corrected chi connectivity index (χ0v) is 12.1. The first-order chi connectivity index (χ1) is 10.3. The van der Waals surface area contributed by atoms with E-state index in [1.54, 1.807) is 6.92 Å². The minimum absolute atomic E-state index is 0.0960. The molecule has 0 radical (unpaired) electrons. The normalized spacial score (nSPS) is 20.1. The van der Waals surface area contributed by atoms with Crippen molar-refractivity contribution >= 4 is 6.08 Å². The second-order valence-corrected chi connectivity index (χ2v) is 5.10. The summed E-state index contributed by atoms with van der Waals surface area (Å²) in [6.45, 7) is 5.09. The zero-order valence-electron chi connectivity index (χ0n) is 12.1. The van der Waals surface area contributed by atoms with Crippen molar-refractivity contribution < 1.29 is 9.26 Å². The van der Waals surface area contributed by atoms with E-state index < -0.39 is 0 Å². The molecule has 1 fully saturated rings. The van der Waals surface area contributed by atoms with Gasteiger partial charge in [0, 0.05) is 26.6 Å². The highest BCUT2D eigenvalue weighted by atomic mass is 16.5. The molecule has 2 aromatic rings. The number of hydrogen-bond acceptors (Lipinski definition) is 5. The summed E-state index contributed by atoms with van der Waals surface area (Å²) in [5.41, 5.74) is 1.22. The number of ether oxygens (including phenoxy) is 1. The van der Waals surface area contributed by atoms with E-state index in [-0.39, 0.29) is 6.10 Å². The Morgan fingerprint density at radius 3 is 2.95 bits per heavy atom. The van der Waals surface area contributed by atoms with Gasteiger partial charge in [-0.05, 0) is 5.56 Å². The maximum Gasteiger partial charge on any atom is 0.223 e. The fourth-order valence-corrected chi connectivity index (χ4v) is 2.37. The predicted octanol–water partition coefficient (Wildman–Crippen LogP) is 2.46. The molecule has 1 atom stereocenters. The van der Waals surface area contributed by atoms with Crippen molar-refractivity contribution in [2.24, 2.45) is 0 Å². The lowest BCUT2D eigenvalue weighted by atomic mass is 10.2. The van der Waals surface area contributed by atoms with Crippen LogP contribution in [0.25, 0.3) is 6.08 Å². The maximum absolute atomic E-state index is 5.72. The van der Waals surface area contributed by atoms with Gasteiger partial charge < -0.3 is 9.26 Å². The lowest BCUT2D eigenvalue weighted by Gasteiger charge is -2.30. The first-order valence-corrected chi connectivity index (χ1v) is 7.17. The van der Waals surface area contributed by atoms with Crippen LogP contribution < -0.4 is 0 Å². The number of rotatable bonds is 4. The number of aromatic nitrogens is 2. The standard InChI is InChI=1S/C16H19N3O2/c1-13-17-16(18-21-13)15-12-19(10-11-20-15)9-5-8-14-6-3-2-4-7-14/h2-8,15H,9-12H2,1H3/b8-5+/t15-/m0/s1. The Morgan fingerprint density at radius 2 is 2.19 bits per heavy atom. The van der Waals surface area contributed by atoms with Crippen molar-refractivity contribution in [2.75, 3.05) is 26.2 Å². The molecule has 5 nitrogen and oxygen atoms in total. The minimum atomic E-state index is -0.0960. The summed E-state index contributed by atoms with van der Waals surface area (Å²) in [6.07, 6.45) is 4.23. The van der Waals surface area contributed by atoms with E-state index in [0.717, 1.165) is 19.6 Å². The van der Waals surface area contributed by atoms with Crippen LogP contribution in [0, 0.1) is 6.92 Å². The van der Waals surface area contributed by atoms with Gasteiger partial charge in [-0.3, -0.25) is 4.90 Å². The van der Waals surface area contributed by atoms with Crippen LogP contribution in [0.15, 0.2) is 40.9 Å². The van der Waals surface area contributed by atoms with E-state index in [1.165, 1.54) is 5.56 Å². The molecule has 3 rings (SSSR count). The first kappa shape index (κ1) is 14.0. The fourth-order valence-electron chi connectivity index (χ4n) is 2.37. The fraction of sp³-hybridized carbons (Fsp3) is 0.375. The van der Waals surface area contributed by atoms with Crippen LogP contribution in [0.4, 0.5) is 0 Å². The van der Waals surface area contributed by atoms with Gasteiger partial charge in [-0.2, -0.15) is 4.98 Å². The van der Waals surface area contributed by atoms with Gasteiger partial charge in [0.2, 0.25) is 11.7 Å². The Hall–Kier alpha value is -1.98. The molecule has 0 amide bonds. The van der Waals surface area contributed by atoms with Crippen LogP contribution in [0.5, 0.6) is 0 Å². The van der Waals surface area contributed by atoms with Crippen LogP contribution in [0.2, 0.25) is 0 Å². The van der Waals surface area contributed by atoms with Crippen LogP contribution in [0.3, 0.4) is 0 Å². The van der Waals surface area contributed by atoms with Crippen molar-refractivity contribution in [2.45, 2.75) is 13.0 Å². The van der Waals surface area contributed by atoms with Gasteiger partial charge >= 0.3 is 0 Å². The molecular formula is C16H19N3O2. The van der Waals surface area contributed by atoms with Gasteiger partial charge in [-0.25, -0.2) is 0 Å². The number of morpholine rings is 1. The number of benzene rings is 1. The van der Waals surface area contributed by atoms with Crippen LogP contribution in [0.1, 0.15) is 23.4 Å². The number of hydrogen-bond donors (Lipinski definition) is 0. The average Bonchev–Trinajstić information content (AvgIpc) is 2.95. The number of nitrogens with zero attached hydrogens (tertiary/aromatic N) is 3. The molecule has 1 saturated heterocycles. The molecule has 0 N–H and O–H groups in total. The summed E-state index contributed by atoms with van der Waals surface area (Å²) in [7, 11) is 0. The molecule has 110 valence electrons. The molecule has 0 bridgehead atoms. The van der Waals surface area contributed by atoms with E-state index >= 15 is 0 Å².